The van der Waals surface area contributed by atoms with E-state index in [0.29, 0.717) is 0 Å². The standard InChI is InChI=1S/C10H18N2O4/c1-10(2)5-7(10)12-9(16)11-6(3-4-13)8(14)15/h6-7,13H,3-5H2,1-2H3,(H,14,15)(H2,11,12,16)/t6-,7?/m1/s1. The van der Waals surface area contributed by atoms with Gasteiger partial charge in [0.2, 0.25) is 0 Å². The predicted octanol–water partition coefficient (Wildman–Crippen LogP) is -0.0803. The number of aliphatic hydroxyl groups excluding tert-OH is 1. The van der Waals surface area contributed by atoms with Crippen LogP contribution in [0.1, 0.15) is 26.7 Å². The van der Waals surface area contributed by atoms with Gasteiger partial charge in [0.05, 0.1) is 0 Å². The highest BCUT2D eigenvalue weighted by Crippen LogP contribution is 2.44. The van der Waals surface area contributed by atoms with Crippen molar-refractivity contribution in [2.24, 2.45) is 5.41 Å². The zero-order valence-corrected chi connectivity index (χ0v) is 9.49. The van der Waals surface area contributed by atoms with Crippen LogP contribution in [0.2, 0.25) is 0 Å². The third kappa shape index (κ3) is 3.37. The Morgan fingerprint density at radius 1 is 1.50 bits per heavy atom. The Labute approximate surface area is 94.0 Å². The largest absolute Gasteiger partial charge is 0.480 e. The van der Waals surface area contributed by atoms with Gasteiger partial charge in [0.1, 0.15) is 6.04 Å². The molecule has 0 bridgehead atoms. The first-order valence-corrected chi connectivity index (χ1v) is 5.27. The van der Waals surface area contributed by atoms with Gasteiger partial charge in [-0.25, -0.2) is 9.59 Å². The molecule has 1 unspecified atom stereocenters. The summed E-state index contributed by atoms with van der Waals surface area (Å²) in [6, 6.07) is -1.42. The number of carbonyl (C=O) groups is 2. The van der Waals surface area contributed by atoms with Crippen molar-refractivity contribution in [3.63, 3.8) is 0 Å². The molecule has 1 aliphatic carbocycles. The van der Waals surface area contributed by atoms with Crippen LogP contribution in [0.15, 0.2) is 0 Å². The van der Waals surface area contributed by atoms with Crippen LogP contribution in [0.5, 0.6) is 0 Å². The number of urea groups is 1. The van der Waals surface area contributed by atoms with Gasteiger partial charge in [0, 0.05) is 19.1 Å². The Kier molecular flexibility index (Phi) is 3.74. The van der Waals surface area contributed by atoms with Gasteiger partial charge in [-0.3, -0.25) is 0 Å². The number of carboxylic acids is 1. The van der Waals surface area contributed by atoms with Crippen LogP contribution in [-0.2, 0) is 4.79 Å². The van der Waals surface area contributed by atoms with E-state index < -0.39 is 18.0 Å². The summed E-state index contributed by atoms with van der Waals surface area (Å²) in [5, 5.41) is 22.4. The van der Waals surface area contributed by atoms with Crippen molar-refractivity contribution in [1.29, 1.82) is 0 Å². The fraction of sp³-hybridized carbons (Fsp3) is 0.800. The van der Waals surface area contributed by atoms with Crippen LogP contribution in [0.4, 0.5) is 4.79 Å². The first-order valence-electron chi connectivity index (χ1n) is 5.27. The van der Waals surface area contributed by atoms with Gasteiger partial charge >= 0.3 is 12.0 Å². The van der Waals surface area contributed by atoms with Crippen LogP contribution in [0, 0.1) is 5.41 Å². The summed E-state index contributed by atoms with van der Waals surface area (Å²) < 4.78 is 0. The van der Waals surface area contributed by atoms with Crippen molar-refractivity contribution in [1.82, 2.24) is 10.6 Å². The number of hydrogen-bond donors (Lipinski definition) is 4. The molecule has 6 heteroatoms. The molecule has 16 heavy (non-hydrogen) atoms. The summed E-state index contributed by atoms with van der Waals surface area (Å²) in [6.45, 7) is 3.78. The monoisotopic (exact) mass is 230 g/mol. The number of rotatable bonds is 5. The highest BCUT2D eigenvalue weighted by atomic mass is 16.4. The molecule has 0 aromatic carbocycles. The second-order valence-corrected chi connectivity index (χ2v) is 4.77. The smallest absolute Gasteiger partial charge is 0.326 e. The van der Waals surface area contributed by atoms with Gasteiger partial charge in [0.25, 0.3) is 0 Å². The maximum Gasteiger partial charge on any atom is 0.326 e. The fourth-order valence-electron chi connectivity index (χ4n) is 1.46. The van der Waals surface area contributed by atoms with E-state index in [4.69, 9.17) is 10.2 Å². The fourth-order valence-corrected chi connectivity index (χ4v) is 1.46. The van der Waals surface area contributed by atoms with Crippen molar-refractivity contribution in [2.45, 2.75) is 38.8 Å². The number of nitrogens with one attached hydrogen (secondary N) is 2. The predicted molar refractivity (Wildman–Crippen MR) is 57.0 cm³/mol. The third-order valence-corrected chi connectivity index (χ3v) is 2.84. The average Bonchev–Trinajstić information content (AvgIpc) is 2.72. The lowest BCUT2D eigenvalue weighted by atomic mass is 10.2. The van der Waals surface area contributed by atoms with Gasteiger partial charge in [-0.2, -0.15) is 0 Å². The minimum Gasteiger partial charge on any atom is -0.480 e. The number of hydrogen-bond acceptors (Lipinski definition) is 3. The Bertz CT molecular complexity index is 291. The zero-order chi connectivity index (χ0) is 12.3. The van der Waals surface area contributed by atoms with E-state index >= 15 is 0 Å². The maximum atomic E-state index is 11.4. The first-order chi connectivity index (χ1) is 7.36. The highest BCUT2D eigenvalue weighted by molar-refractivity contribution is 5.82. The Balaban J connectivity index is 2.34. The average molecular weight is 230 g/mol. The van der Waals surface area contributed by atoms with E-state index in [1.165, 1.54) is 0 Å². The number of carbonyl (C=O) groups excluding carboxylic acids is 1. The minimum absolute atomic E-state index is 0.0107. The zero-order valence-electron chi connectivity index (χ0n) is 9.49. The normalized spacial score (nSPS) is 23.3. The number of aliphatic hydroxyl groups is 1. The van der Waals surface area contributed by atoms with Gasteiger partial charge in [-0.05, 0) is 11.8 Å². The summed E-state index contributed by atoms with van der Waals surface area (Å²) in [7, 11) is 0. The van der Waals surface area contributed by atoms with Crippen molar-refractivity contribution in [3.8, 4) is 0 Å². The number of carboxylic acid groups (broad SMARTS) is 1. The van der Waals surface area contributed by atoms with Crippen LogP contribution in [0.3, 0.4) is 0 Å². The molecule has 0 heterocycles. The lowest BCUT2D eigenvalue weighted by Crippen LogP contribution is -2.47. The summed E-state index contributed by atoms with van der Waals surface area (Å²) in [5.74, 6) is -1.14. The lowest BCUT2D eigenvalue weighted by molar-refractivity contribution is -0.139. The first kappa shape index (κ1) is 12.8. The molecule has 1 rings (SSSR count). The summed E-state index contributed by atoms with van der Waals surface area (Å²) in [5.41, 5.74) is 0.104. The van der Waals surface area contributed by atoms with Crippen LogP contribution >= 0.6 is 0 Å². The molecule has 1 saturated carbocycles. The lowest BCUT2D eigenvalue weighted by Gasteiger charge is -2.14. The molecule has 4 N–H and O–H groups in total. The van der Waals surface area contributed by atoms with Crippen LogP contribution < -0.4 is 10.6 Å². The van der Waals surface area contributed by atoms with E-state index in [-0.39, 0.29) is 24.5 Å². The molecule has 0 radical (unpaired) electrons. The van der Waals surface area contributed by atoms with Crippen molar-refractivity contribution < 1.29 is 19.8 Å². The van der Waals surface area contributed by atoms with E-state index in [1.807, 2.05) is 13.8 Å². The van der Waals surface area contributed by atoms with E-state index in [0.717, 1.165) is 6.42 Å². The molecule has 6 nitrogen and oxygen atoms in total. The van der Waals surface area contributed by atoms with Crippen LogP contribution in [0.25, 0.3) is 0 Å². The molecule has 0 aromatic rings. The Morgan fingerprint density at radius 2 is 2.06 bits per heavy atom. The molecule has 2 atom stereocenters. The molecular formula is C10H18N2O4. The van der Waals surface area contributed by atoms with E-state index in [1.54, 1.807) is 0 Å². The Morgan fingerprint density at radius 3 is 2.44 bits per heavy atom. The summed E-state index contributed by atoms with van der Waals surface area (Å²) in [6.07, 6.45) is 0.912. The summed E-state index contributed by atoms with van der Waals surface area (Å²) >= 11 is 0. The second-order valence-electron chi connectivity index (χ2n) is 4.77. The molecule has 0 aliphatic heterocycles. The molecule has 2 amide bonds. The van der Waals surface area contributed by atoms with Crippen LogP contribution in [-0.4, -0.2) is 40.9 Å². The molecule has 1 fully saturated rings. The van der Waals surface area contributed by atoms with E-state index in [9.17, 15) is 9.59 Å². The third-order valence-electron chi connectivity index (χ3n) is 2.84. The molecule has 0 spiro atoms. The Hall–Kier alpha value is -1.30. The van der Waals surface area contributed by atoms with Gasteiger partial charge in [-0.15, -0.1) is 0 Å². The number of amides is 2. The van der Waals surface area contributed by atoms with Crippen molar-refractivity contribution in [3.05, 3.63) is 0 Å². The molecule has 92 valence electrons. The van der Waals surface area contributed by atoms with Crippen molar-refractivity contribution >= 4 is 12.0 Å². The minimum atomic E-state index is -1.14. The molecule has 0 aromatic heterocycles. The summed E-state index contributed by atoms with van der Waals surface area (Å²) in [4.78, 5) is 22.1. The SMILES string of the molecule is CC1(C)CC1NC(=O)N[C@H](CCO)C(=O)O. The van der Waals surface area contributed by atoms with Gasteiger partial charge < -0.3 is 20.8 Å². The quantitative estimate of drug-likeness (QED) is 0.531. The molecule has 0 saturated heterocycles. The van der Waals surface area contributed by atoms with E-state index in [2.05, 4.69) is 10.6 Å². The highest BCUT2D eigenvalue weighted by Gasteiger charge is 2.46. The second kappa shape index (κ2) is 4.69. The molecule has 1 aliphatic rings. The molecular weight excluding hydrogens is 212 g/mol. The van der Waals surface area contributed by atoms with Gasteiger partial charge in [-0.1, -0.05) is 13.8 Å². The number of aliphatic carboxylic acids is 1. The topological polar surface area (TPSA) is 98.7 Å². The van der Waals surface area contributed by atoms with Crippen molar-refractivity contribution in [2.75, 3.05) is 6.61 Å². The maximum absolute atomic E-state index is 11.4. The van der Waals surface area contributed by atoms with Gasteiger partial charge in [0.15, 0.2) is 0 Å².